The quantitative estimate of drug-likeness (QED) is 0.393. The summed E-state index contributed by atoms with van der Waals surface area (Å²) in [6.45, 7) is 3.19. The number of nitro groups is 1. The smallest absolute Gasteiger partial charge is 0.273 e. The van der Waals surface area contributed by atoms with Crippen molar-refractivity contribution >= 4 is 28.4 Å². The van der Waals surface area contributed by atoms with Crippen molar-refractivity contribution in [3.8, 4) is 17.0 Å². The van der Waals surface area contributed by atoms with Gasteiger partial charge in [-0.05, 0) is 19.4 Å². The average Bonchev–Trinajstić information content (AvgIpc) is 3.10. The molecule has 0 saturated carbocycles. The van der Waals surface area contributed by atoms with Gasteiger partial charge in [0.05, 0.1) is 16.8 Å². The first-order chi connectivity index (χ1) is 12.5. The maximum absolute atomic E-state index is 11.1. The highest BCUT2D eigenvalue weighted by atomic mass is 32.1. The molecule has 0 atom stereocenters. The van der Waals surface area contributed by atoms with E-state index in [-0.39, 0.29) is 11.4 Å². The van der Waals surface area contributed by atoms with Crippen LogP contribution in [0.1, 0.15) is 16.7 Å². The summed E-state index contributed by atoms with van der Waals surface area (Å²) in [6, 6.07) is 11.1. The molecule has 3 aromatic rings. The number of aromatic nitrogens is 1. The first-order valence-electron chi connectivity index (χ1n) is 7.75. The number of aromatic hydroxyl groups is 1. The maximum atomic E-state index is 11.1. The minimum Gasteiger partial charge on any atom is -0.507 e. The van der Waals surface area contributed by atoms with Crippen LogP contribution in [-0.4, -0.2) is 21.2 Å². The van der Waals surface area contributed by atoms with Crippen molar-refractivity contribution < 1.29 is 10.0 Å². The van der Waals surface area contributed by atoms with Gasteiger partial charge >= 0.3 is 0 Å². The van der Waals surface area contributed by atoms with Gasteiger partial charge in [-0.3, -0.25) is 15.5 Å². The van der Waals surface area contributed by atoms with E-state index in [1.165, 1.54) is 23.6 Å². The summed E-state index contributed by atoms with van der Waals surface area (Å²) in [5.74, 6) is -0.0252. The zero-order valence-corrected chi connectivity index (χ0v) is 14.9. The van der Waals surface area contributed by atoms with Crippen LogP contribution in [0.4, 0.5) is 10.8 Å². The summed E-state index contributed by atoms with van der Waals surface area (Å²) >= 11 is 1.39. The molecule has 26 heavy (non-hydrogen) atoms. The fourth-order valence-electron chi connectivity index (χ4n) is 2.48. The number of hydrogen-bond donors (Lipinski definition) is 2. The Hall–Kier alpha value is -3.26. The van der Waals surface area contributed by atoms with Gasteiger partial charge in [-0.2, -0.15) is 5.10 Å². The van der Waals surface area contributed by atoms with Gasteiger partial charge in [0.1, 0.15) is 5.75 Å². The van der Waals surface area contributed by atoms with E-state index in [1.807, 2.05) is 35.7 Å². The third-order valence-corrected chi connectivity index (χ3v) is 4.64. The Morgan fingerprint density at radius 2 is 2.04 bits per heavy atom. The number of phenolic OH excluding ortho intramolecular Hbond substituents is 1. The maximum Gasteiger partial charge on any atom is 0.273 e. The fourth-order valence-corrected chi connectivity index (χ4v) is 3.14. The largest absolute Gasteiger partial charge is 0.507 e. The Balaban J connectivity index is 1.82. The number of hydrogen-bond acceptors (Lipinski definition) is 7. The molecule has 0 spiro atoms. The molecule has 0 bridgehead atoms. The van der Waals surface area contributed by atoms with Crippen LogP contribution in [0.5, 0.6) is 5.75 Å². The first-order valence-corrected chi connectivity index (χ1v) is 8.63. The molecule has 0 fully saturated rings. The minimum atomic E-state index is -0.473. The lowest BCUT2D eigenvalue weighted by Crippen LogP contribution is -1.99. The van der Waals surface area contributed by atoms with E-state index in [2.05, 4.69) is 15.5 Å². The van der Waals surface area contributed by atoms with Crippen molar-refractivity contribution in [2.24, 2.45) is 5.10 Å². The lowest BCUT2D eigenvalue weighted by atomic mass is 10.0. The Bertz CT molecular complexity index is 984. The molecule has 7 nitrogen and oxygen atoms in total. The molecule has 0 aliphatic rings. The summed E-state index contributed by atoms with van der Waals surface area (Å²) in [7, 11) is 0. The number of aryl methyl sites for hydroxylation is 1. The van der Waals surface area contributed by atoms with Crippen LogP contribution in [0.15, 0.2) is 46.9 Å². The number of nitrogens with zero attached hydrogens (tertiary/aromatic N) is 3. The van der Waals surface area contributed by atoms with Crippen LogP contribution >= 0.6 is 11.3 Å². The van der Waals surface area contributed by atoms with Gasteiger partial charge in [0.15, 0.2) is 0 Å². The summed E-state index contributed by atoms with van der Waals surface area (Å²) in [5, 5.41) is 27.9. The number of rotatable bonds is 5. The number of nitrogens with one attached hydrogen (secondary N) is 1. The number of benzene rings is 2. The molecule has 0 amide bonds. The highest BCUT2D eigenvalue weighted by molar-refractivity contribution is 7.14. The second kappa shape index (κ2) is 7.32. The number of anilines is 1. The molecule has 0 aliphatic carbocycles. The Morgan fingerprint density at radius 3 is 2.73 bits per heavy atom. The summed E-state index contributed by atoms with van der Waals surface area (Å²) in [5.41, 5.74) is 5.67. The van der Waals surface area contributed by atoms with E-state index in [0.717, 1.165) is 11.3 Å². The molecular weight excluding hydrogens is 352 g/mol. The highest BCUT2D eigenvalue weighted by Crippen LogP contribution is 2.31. The van der Waals surface area contributed by atoms with Crippen molar-refractivity contribution in [2.75, 3.05) is 5.43 Å². The number of hydrazone groups is 1. The number of phenols is 1. The second-order valence-electron chi connectivity index (χ2n) is 5.63. The van der Waals surface area contributed by atoms with Crippen LogP contribution in [0.2, 0.25) is 0 Å². The molecule has 0 saturated heterocycles. The molecule has 0 radical (unpaired) electrons. The normalized spacial score (nSPS) is 11.0. The third-order valence-electron chi connectivity index (χ3n) is 3.89. The van der Waals surface area contributed by atoms with Crippen LogP contribution < -0.4 is 5.43 Å². The van der Waals surface area contributed by atoms with E-state index in [0.29, 0.717) is 21.8 Å². The van der Waals surface area contributed by atoms with Gasteiger partial charge in [0.2, 0.25) is 5.13 Å². The molecule has 132 valence electrons. The van der Waals surface area contributed by atoms with Crippen LogP contribution in [0.25, 0.3) is 11.3 Å². The van der Waals surface area contributed by atoms with E-state index in [4.69, 9.17) is 0 Å². The standard InChI is InChI=1S/C18H16N4O3S/c1-11-8-16(22(24)25)12(2)14(17(11)23)9-19-21-18-20-15(10-26-18)13-6-4-3-5-7-13/h3-10,23H,1-2H3,(H,20,21). The van der Waals surface area contributed by atoms with E-state index in [1.54, 1.807) is 13.8 Å². The predicted octanol–water partition coefficient (Wildman–Crippen LogP) is 4.49. The van der Waals surface area contributed by atoms with Crippen molar-refractivity contribution in [3.63, 3.8) is 0 Å². The van der Waals surface area contributed by atoms with Gasteiger partial charge in [0.25, 0.3) is 5.69 Å². The second-order valence-corrected chi connectivity index (χ2v) is 6.49. The lowest BCUT2D eigenvalue weighted by Gasteiger charge is -2.07. The van der Waals surface area contributed by atoms with Crippen LogP contribution in [0.3, 0.4) is 0 Å². The van der Waals surface area contributed by atoms with Gasteiger partial charge in [-0.15, -0.1) is 11.3 Å². The van der Waals surface area contributed by atoms with Crippen molar-refractivity contribution in [1.29, 1.82) is 0 Å². The Labute approximate surface area is 153 Å². The molecule has 1 heterocycles. The van der Waals surface area contributed by atoms with Crippen LogP contribution in [-0.2, 0) is 0 Å². The molecular formula is C18H16N4O3S. The molecule has 2 N–H and O–H groups in total. The minimum absolute atomic E-state index is 0.0252. The highest BCUT2D eigenvalue weighted by Gasteiger charge is 2.18. The summed E-state index contributed by atoms with van der Waals surface area (Å²) in [6.07, 6.45) is 1.37. The Morgan fingerprint density at radius 1 is 1.31 bits per heavy atom. The zero-order valence-electron chi connectivity index (χ0n) is 14.1. The molecule has 0 unspecified atom stereocenters. The monoisotopic (exact) mass is 368 g/mol. The topological polar surface area (TPSA) is 101 Å². The predicted molar refractivity (Wildman–Crippen MR) is 103 cm³/mol. The molecule has 1 aromatic heterocycles. The molecule has 2 aromatic carbocycles. The average molecular weight is 368 g/mol. The SMILES string of the molecule is Cc1cc([N+](=O)[O-])c(C)c(C=NNc2nc(-c3ccccc3)cs2)c1O. The first kappa shape index (κ1) is 17.6. The van der Waals surface area contributed by atoms with Gasteiger partial charge < -0.3 is 5.11 Å². The van der Waals surface area contributed by atoms with E-state index >= 15 is 0 Å². The zero-order chi connectivity index (χ0) is 18.7. The molecule has 3 rings (SSSR count). The number of thiazole rings is 1. The van der Waals surface area contributed by atoms with Crippen molar-refractivity contribution in [1.82, 2.24) is 4.98 Å². The number of nitro benzene ring substituents is 1. The van der Waals surface area contributed by atoms with Gasteiger partial charge in [0, 0.05) is 28.1 Å². The van der Waals surface area contributed by atoms with E-state index < -0.39 is 4.92 Å². The third kappa shape index (κ3) is 3.55. The lowest BCUT2D eigenvalue weighted by molar-refractivity contribution is -0.385. The molecule has 8 heteroatoms. The Kier molecular flexibility index (Phi) is 4.94. The molecule has 0 aliphatic heterocycles. The van der Waals surface area contributed by atoms with Gasteiger partial charge in [-0.25, -0.2) is 4.98 Å². The summed E-state index contributed by atoms with van der Waals surface area (Å²) < 4.78 is 0. The summed E-state index contributed by atoms with van der Waals surface area (Å²) in [4.78, 5) is 15.1. The fraction of sp³-hybridized carbons (Fsp3) is 0.111. The van der Waals surface area contributed by atoms with E-state index in [9.17, 15) is 15.2 Å². The van der Waals surface area contributed by atoms with Crippen LogP contribution in [0, 0.1) is 24.0 Å². The van der Waals surface area contributed by atoms with Crippen molar-refractivity contribution in [3.05, 3.63) is 68.6 Å². The van der Waals surface area contributed by atoms with Gasteiger partial charge in [-0.1, -0.05) is 30.3 Å². The van der Waals surface area contributed by atoms with Crippen molar-refractivity contribution in [2.45, 2.75) is 13.8 Å².